The van der Waals surface area contributed by atoms with Gasteiger partial charge in [0.05, 0.1) is 12.4 Å². The first-order valence-electron chi connectivity index (χ1n) is 22.5. The molecule has 3 aromatic rings. The normalized spacial score (nSPS) is 16.6. The maximum Gasteiger partial charge on any atom is 0.326 e. The van der Waals surface area contributed by atoms with E-state index in [1.54, 1.807) is 63.2 Å². The maximum absolute atomic E-state index is 14.5. The van der Waals surface area contributed by atoms with Crippen molar-refractivity contribution in [2.75, 3.05) is 13.1 Å². The molecular weight excluding hydrogens is 865 g/mol. The van der Waals surface area contributed by atoms with E-state index in [2.05, 4.69) is 41.5 Å². The second kappa shape index (κ2) is 25.6. The predicted molar refractivity (Wildman–Crippen MR) is 248 cm³/mol. The fourth-order valence-electron chi connectivity index (χ4n) is 7.64. The number of imidazole rings is 1. The van der Waals surface area contributed by atoms with Crippen molar-refractivity contribution >= 4 is 47.4 Å². The molecule has 67 heavy (non-hydrogen) atoms. The molecule has 0 bridgehead atoms. The van der Waals surface area contributed by atoms with Gasteiger partial charge in [-0.25, -0.2) is 9.78 Å². The lowest BCUT2D eigenvalue weighted by Crippen LogP contribution is -2.61. The lowest BCUT2D eigenvalue weighted by atomic mass is 9.96. The van der Waals surface area contributed by atoms with Gasteiger partial charge in [-0.2, -0.15) is 0 Å². The Morgan fingerprint density at radius 3 is 2.04 bits per heavy atom. The van der Waals surface area contributed by atoms with Gasteiger partial charge in [0.2, 0.25) is 35.4 Å². The van der Waals surface area contributed by atoms with Crippen molar-refractivity contribution in [1.29, 1.82) is 0 Å². The van der Waals surface area contributed by atoms with Crippen molar-refractivity contribution in [3.8, 4) is 5.75 Å². The number of aromatic nitrogens is 2. The number of amides is 6. The van der Waals surface area contributed by atoms with E-state index in [1.165, 1.54) is 29.6 Å². The molecule has 21 nitrogen and oxygen atoms in total. The molecule has 2 aromatic carbocycles. The van der Waals surface area contributed by atoms with Crippen LogP contribution in [0.2, 0.25) is 0 Å². The van der Waals surface area contributed by atoms with Crippen LogP contribution in [-0.2, 0) is 52.8 Å². The molecule has 14 N–H and O–H groups in total. The summed E-state index contributed by atoms with van der Waals surface area (Å²) in [5.74, 6) is -6.30. The van der Waals surface area contributed by atoms with Crippen LogP contribution >= 0.6 is 0 Å². The second-order valence-corrected chi connectivity index (χ2v) is 17.2. The first-order valence-corrected chi connectivity index (χ1v) is 22.5. The smallest absolute Gasteiger partial charge is 0.326 e. The van der Waals surface area contributed by atoms with Gasteiger partial charge >= 0.3 is 5.97 Å². The fraction of sp³-hybridized carbons (Fsp3) is 0.500. The number of phenols is 1. The van der Waals surface area contributed by atoms with Crippen LogP contribution in [-0.4, -0.2) is 128 Å². The number of phenolic OH excluding ortho intramolecular Hbond substituents is 1. The van der Waals surface area contributed by atoms with Crippen LogP contribution < -0.4 is 43.8 Å². The minimum Gasteiger partial charge on any atom is -0.508 e. The number of carbonyl (C=O) groups excluding carboxylic acids is 6. The number of carboxylic acid groups (broad SMARTS) is 1. The van der Waals surface area contributed by atoms with Crippen molar-refractivity contribution in [1.82, 2.24) is 41.5 Å². The van der Waals surface area contributed by atoms with Crippen LogP contribution in [0.15, 0.2) is 72.1 Å². The largest absolute Gasteiger partial charge is 0.508 e. The molecule has 21 heteroatoms. The van der Waals surface area contributed by atoms with Gasteiger partial charge in [0, 0.05) is 44.2 Å². The Kier molecular flexibility index (Phi) is 20.1. The van der Waals surface area contributed by atoms with E-state index in [0.29, 0.717) is 36.1 Å². The fourth-order valence-corrected chi connectivity index (χ4v) is 7.64. The number of guanidine groups is 1. The lowest BCUT2D eigenvalue weighted by Gasteiger charge is -2.32. The third-order valence-corrected chi connectivity index (χ3v) is 11.7. The number of nitrogens with one attached hydrogen (secondary N) is 6. The van der Waals surface area contributed by atoms with Crippen LogP contribution in [0.3, 0.4) is 0 Å². The van der Waals surface area contributed by atoms with Gasteiger partial charge < -0.3 is 63.9 Å². The van der Waals surface area contributed by atoms with Crippen LogP contribution in [0, 0.1) is 11.8 Å². The van der Waals surface area contributed by atoms with Crippen molar-refractivity contribution in [3.05, 3.63) is 83.9 Å². The standard InChI is InChI=1S/C46H66N12O9/c1-5-27(4)38(57-40(61)33(21-29-15-17-31(59)18-16-29)53-42(63)37(26(2)3)56-39(60)32(47)13-9-19-51-46(48)49)43(64)54-34(23-30-24-50-25-52-30)44(65)58-20-10-14-36(58)41(62)55-35(45(66)67)22-28-11-7-6-8-12-28/h6-8,11-12,15-18,24-27,32-38,59H,5,9-10,13-14,19-23,47H2,1-4H3,(H,50,52)(H,53,63)(H,54,64)(H,55,62)(H,56,60)(H,57,61)(H,66,67)(H4,48,49,51)/t27-,32-,33+,34-,35-,36+,37+,38+/m0/s1. The highest BCUT2D eigenvalue weighted by molar-refractivity contribution is 5.97. The van der Waals surface area contributed by atoms with Gasteiger partial charge in [0.15, 0.2) is 5.96 Å². The number of aliphatic imine (C=N–C) groups is 1. The van der Waals surface area contributed by atoms with Crippen molar-refractivity contribution in [2.45, 2.75) is 121 Å². The molecule has 0 aliphatic carbocycles. The molecule has 1 saturated heterocycles. The van der Waals surface area contributed by atoms with Crippen molar-refractivity contribution in [3.63, 3.8) is 0 Å². The molecule has 2 heterocycles. The number of hydrogen-bond acceptors (Lipinski definition) is 11. The molecule has 0 unspecified atom stereocenters. The molecule has 6 amide bonds. The number of aromatic amines is 1. The van der Waals surface area contributed by atoms with Crippen molar-refractivity contribution < 1.29 is 43.8 Å². The Labute approximate surface area is 389 Å². The highest BCUT2D eigenvalue weighted by Crippen LogP contribution is 2.21. The van der Waals surface area contributed by atoms with Crippen molar-refractivity contribution in [2.24, 2.45) is 34.0 Å². The number of nitrogens with zero attached hydrogens (tertiary/aromatic N) is 3. The number of carbonyl (C=O) groups is 7. The first kappa shape index (κ1) is 52.6. The molecule has 4 rings (SSSR count). The van der Waals surface area contributed by atoms with E-state index in [1.807, 2.05) is 6.92 Å². The van der Waals surface area contributed by atoms with Gasteiger partial charge in [0.1, 0.15) is 42.0 Å². The Hall–Kier alpha value is -7.03. The average molecular weight is 931 g/mol. The summed E-state index contributed by atoms with van der Waals surface area (Å²) in [5, 5.41) is 33.6. The van der Waals surface area contributed by atoms with Gasteiger partial charge in [-0.1, -0.05) is 76.6 Å². The zero-order valence-electron chi connectivity index (χ0n) is 38.4. The molecule has 8 atom stereocenters. The van der Waals surface area contributed by atoms with E-state index in [9.17, 15) is 43.8 Å². The summed E-state index contributed by atoms with van der Waals surface area (Å²) in [5.41, 5.74) is 18.6. The summed E-state index contributed by atoms with van der Waals surface area (Å²) in [6.07, 6.45) is 4.52. The molecule has 364 valence electrons. The zero-order valence-corrected chi connectivity index (χ0v) is 38.4. The number of rotatable bonds is 25. The minimum absolute atomic E-state index is 0.0212. The van der Waals surface area contributed by atoms with E-state index >= 15 is 0 Å². The Morgan fingerprint density at radius 1 is 0.806 bits per heavy atom. The number of aromatic hydroxyl groups is 1. The summed E-state index contributed by atoms with van der Waals surface area (Å²) in [4.78, 5) is 109. The van der Waals surface area contributed by atoms with Gasteiger partial charge in [0.25, 0.3) is 0 Å². The third-order valence-electron chi connectivity index (χ3n) is 11.7. The topological polar surface area (TPSA) is 342 Å². The third kappa shape index (κ3) is 16.1. The summed E-state index contributed by atoms with van der Waals surface area (Å²) in [7, 11) is 0. The highest BCUT2D eigenvalue weighted by atomic mass is 16.4. The molecule has 1 aliphatic rings. The molecule has 0 radical (unpaired) electrons. The van der Waals surface area contributed by atoms with Crippen LogP contribution in [0.4, 0.5) is 0 Å². The Balaban J connectivity index is 1.55. The summed E-state index contributed by atoms with van der Waals surface area (Å²) < 4.78 is 0. The summed E-state index contributed by atoms with van der Waals surface area (Å²) >= 11 is 0. The highest BCUT2D eigenvalue weighted by Gasteiger charge is 2.41. The number of nitrogens with two attached hydrogens (primary N) is 3. The number of hydrogen-bond donors (Lipinski definition) is 11. The van der Waals surface area contributed by atoms with Gasteiger partial charge in [-0.3, -0.25) is 33.8 Å². The zero-order chi connectivity index (χ0) is 49.2. The molecule has 1 aromatic heterocycles. The number of aliphatic carboxylic acids is 1. The number of carboxylic acids is 1. The van der Waals surface area contributed by atoms with Crippen LogP contribution in [0.5, 0.6) is 5.75 Å². The SMILES string of the molecule is CC[C@H](C)[C@@H](NC(=O)[C@@H](Cc1ccc(O)cc1)NC(=O)[C@H](NC(=O)[C@@H](N)CCCN=C(N)N)C(C)C)C(=O)N[C@@H](Cc1cnc[nH]1)C(=O)N1CCC[C@@H]1C(=O)N[C@@H](Cc1ccccc1)C(=O)O. The molecule has 0 saturated carbocycles. The number of benzene rings is 2. The minimum atomic E-state index is -1.30. The predicted octanol–water partition coefficient (Wildman–Crippen LogP) is -0.274. The summed E-state index contributed by atoms with van der Waals surface area (Å²) in [6, 6.07) is 6.64. The quantitative estimate of drug-likeness (QED) is 0.0297. The van der Waals surface area contributed by atoms with E-state index in [0.717, 1.165) is 0 Å². The Bertz CT molecular complexity index is 2150. The average Bonchev–Trinajstić information content (AvgIpc) is 4.01. The molecule has 0 spiro atoms. The van der Waals surface area contributed by atoms with E-state index < -0.39 is 95.5 Å². The molecule has 1 fully saturated rings. The second-order valence-electron chi connectivity index (χ2n) is 17.2. The van der Waals surface area contributed by atoms with E-state index in [4.69, 9.17) is 17.2 Å². The maximum atomic E-state index is 14.5. The summed E-state index contributed by atoms with van der Waals surface area (Å²) in [6.45, 7) is 7.40. The van der Waals surface area contributed by atoms with Crippen LogP contribution in [0.25, 0.3) is 0 Å². The number of likely N-dealkylation sites (tertiary alicyclic amines) is 1. The molecular formula is C46H66N12O9. The number of H-pyrrole nitrogens is 1. The van der Waals surface area contributed by atoms with E-state index in [-0.39, 0.29) is 56.9 Å². The van der Waals surface area contributed by atoms with Crippen LogP contribution in [0.1, 0.15) is 76.6 Å². The monoisotopic (exact) mass is 931 g/mol. The molecule has 1 aliphatic heterocycles. The van der Waals surface area contributed by atoms with Gasteiger partial charge in [-0.05, 0) is 60.8 Å². The van der Waals surface area contributed by atoms with Gasteiger partial charge in [-0.15, -0.1) is 0 Å². The lowest BCUT2D eigenvalue weighted by molar-refractivity contribution is -0.145. The first-order chi connectivity index (χ1) is 31.9. The Morgan fingerprint density at radius 2 is 1.43 bits per heavy atom.